The van der Waals surface area contributed by atoms with Crippen LogP contribution in [0.2, 0.25) is 0 Å². The van der Waals surface area contributed by atoms with E-state index in [-0.39, 0.29) is 11.7 Å². The van der Waals surface area contributed by atoms with Crippen LogP contribution < -0.4 is 10.7 Å². The fraction of sp³-hybridized carbons (Fsp3) is 0.250. The van der Waals surface area contributed by atoms with Crippen LogP contribution in [0, 0.1) is 10.1 Å². The van der Waals surface area contributed by atoms with Gasteiger partial charge in [-0.2, -0.15) is 5.10 Å². The zero-order valence-electron chi connectivity index (χ0n) is 11.0. The van der Waals surface area contributed by atoms with Crippen LogP contribution >= 0.6 is 0 Å². The molecule has 0 atom stereocenters. The highest BCUT2D eigenvalue weighted by Crippen LogP contribution is 2.11. The monoisotopic (exact) mass is 278 g/mol. The van der Waals surface area contributed by atoms with Crippen molar-refractivity contribution in [1.82, 2.24) is 10.7 Å². The summed E-state index contributed by atoms with van der Waals surface area (Å²) < 4.78 is 0. The normalized spacial score (nSPS) is 10.6. The average Bonchev–Trinajstić information content (AvgIpc) is 2.38. The second-order valence-corrected chi connectivity index (χ2v) is 4.18. The topological polar surface area (TPSA) is 114 Å². The van der Waals surface area contributed by atoms with Gasteiger partial charge in [-0.1, -0.05) is 12.1 Å². The first-order valence-corrected chi connectivity index (χ1v) is 5.78. The molecule has 0 aromatic heterocycles. The van der Waals surface area contributed by atoms with E-state index >= 15 is 0 Å². The Labute approximate surface area is 115 Å². The van der Waals surface area contributed by atoms with E-state index in [0.717, 1.165) is 0 Å². The van der Waals surface area contributed by atoms with Crippen LogP contribution in [0.4, 0.5) is 5.69 Å². The van der Waals surface area contributed by atoms with Gasteiger partial charge in [-0.15, -0.1) is 0 Å². The summed E-state index contributed by atoms with van der Waals surface area (Å²) in [7, 11) is 0. The smallest absolute Gasteiger partial charge is 0.329 e. The molecule has 0 saturated carbocycles. The fourth-order valence-electron chi connectivity index (χ4n) is 1.26. The van der Waals surface area contributed by atoms with Gasteiger partial charge in [-0.3, -0.25) is 19.7 Å². The summed E-state index contributed by atoms with van der Waals surface area (Å²) in [5, 5.41) is 16.5. The van der Waals surface area contributed by atoms with Crippen molar-refractivity contribution in [1.29, 1.82) is 0 Å². The van der Waals surface area contributed by atoms with Gasteiger partial charge < -0.3 is 5.32 Å². The first-order valence-electron chi connectivity index (χ1n) is 5.78. The van der Waals surface area contributed by atoms with Crippen LogP contribution in [0.5, 0.6) is 0 Å². The lowest BCUT2D eigenvalue weighted by atomic mass is 10.2. The number of non-ortho nitro benzene ring substituents is 1. The minimum atomic E-state index is -0.902. The predicted molar refractivity (Wildman–Crippen MR) is 72.1 cm³/mol. The zero-order chi connectivity index (χ0) is 15.1. The number of nitro benzene ring substituents is 1. The maximum absolute atomic E-state index is 11.3. The molecular weight excluding hydrogens is 264 g/mol. The lowest BCUT2D eigenvalue weighted by Crippen LogP contribution is -2.41. The quantitative estimate of drug-likeness (QED) is 0.362. The van der Waals surface area contributed by atoms with Gasteiger partial charge in [0.05, 0.1) is 11.1 Å². The van der Waals surface area contributed by atoms with Crippen molar-refractivity contribution in [2.75, 3.05) is 0 Å². The van der Waals surface area contributed by atoms with Crippen LogP contribution in [-0.4, -0.2) is 29.0 Å². The number of benzene rings is 1. The summed E-state index contributed by atoms with van der Waals surface area (Å²) >= 11 is 0. The summed E-state index contributed by atoms with van der Waals surface area (Å²) in [6.45, 7) is 3.44. The second-order valence-electron chi connectivity index (χ2n) is 4.18. The number of nitrogens with one attached hydrogen (secondary N) is 2. The molecule has 0 spiro atoms. The van der Waals surface area contributed by atoms with Gasteiger partial charge in [-0.25, -0.2) is 5.43 Å². The van der Waals surface area contributed by atoms with Crippen LogP contribution in [-0.2, 0) is 9.59 Å². The highest BCUT2D eigenvalue weighted by atomic mass is 16.6. The first kappa shape index (κ1) is 15.3. The summed E-state index contributed by atoms with van der Waals surface area (Å²) in [5.74, 6) is -1.70. The van der Waals surface area contributed by atoms with E-state index in [4.69, 9.17) is 0 Å². The molecule has 0 heterocycles. The molecule has 0 aliphatic carbocycles. The van der Waals surface area contributed by atoms with Gasteiger partial charge in [0, 0.05) is 23.7 Å². The largest absolute Gasteiger partial charge is 0.346 e. The van der Waals surface area contributed by atoms with E-state index in [2.05, 4.69) is 10.4 Å². The molecule has 2 N–H and O–H groups in total. The molecule has 8 heteroatoms. The molecule has 0 bridgehead atoms. The van der Waals surface area contributed by atoms with E-state index in [9.17, 15) is 19.7 Å². The number of carbonyl (C=O) groups is 2. The van der Waals surface area contributed by atoms with Crippen molar-refractivity contribution in [3.05, 3.63) is 39.9 Å². The second kappa shape index (κ2) is 6.98. The van der Waals surface area contributed by atoms with Crippen molar-refractivity contribution >= 4 is 23.7 Å². The molecule has 106 valence electrons. The number of hydrogen-bond acceptors (Lipinski definition) is 5. The van der Waals surface area contributed by atoms with Crippen LogP contribution in [0.15, 0.2) is 29.4 Å². The number of hydrogen-bond donors (Lipinski definition) is 2. The standard InChI is InChI=1S/C12H14N4O4/c1-8(2)14-11(17)12(18)15-13-7-9-4-3-5-10(6-9)16(19)20/h3-8H,1-2H3,(H,14,17)(H,15,18)/b13-7-. The Bertz CT molecular complexity index is 554. The van der Waals surface area contributed by atoms with Crippen molar-refractivity contribution in [3.8, 4) is 0 Å². The Morgan fingerprint density at radius 1 is 1.35 bits per heavy atom. The first-order chi connectivity index (χ1) is 9.40. The SMILES string of the molecule is CC(C)NC(=O)C(=O)N/N=C\c1cccc([N+](=O)[O-])c1. The highest BCUT2D eigenvalue weighted by molar-refractivity contribution is 6.35. The summed E-state index contributed by atoms with van der Waals surface area (Å²) in [4.78, 5) is 32.6. The third kappa shape index (κ3) is 4.84. The van der Waals surface area contributed by atoms with Crippen LogP contribution in [0.1, 0.15) is 19.4 Å². The van der Waals surface area contributed by atoms with Gasteiger partial charge in [-0.05, 0) is 13.8 Å². The molecule has 0 saturated heterocycles. The van der Waals surface area contributed by atoms with Crippen molar-refractivity contribution in [2.45, 2.75) is 19.9 Å². The Morgan fingerprint density at radius 3 is 2.65 bits per heavy atom. The molecule has 20 heavy (non-hydrogen) atoms. The van der Waals surface area contributed by atoms with Gasteiger partial charge in [0.25, 0.3) is 5.69 Å². The summed E-state index contributed by atoms with van der Waals surface area (Å²) in [6.07, 6.45) is 1.22. The molecule has 0 fully saturated rings. The molecule has 1 aromatic rings. The van der Waals surface area contributed by atoms with E-state index in [1.54, 1.807) is 19.9 Å². The number of nitrogens with zero attached hydrogens (tertiary/aromatic N) is 2. The van der Waals surface area contributed by atoms with Gasteiger partial charge in [0.2, 0.25) is 0 Å². The number of nitro groups is 1. The molecule has 0 unspecified atom stereocenters. The zero-order valence-corrected chi connectivity index (χ0v) is 11.0. The van der Waals surface area contributed by atoms with Crippen LogP contribution in [0.25, 0.3) is 0 Å². The minimum absolute atomic E-state index is 0.0853. The molecule has 1 aromatic carbocycles. The van der Waals surface area contributed by atoms with Gasteiger partial charge in [0.1, 0.15) is 0 Å². The van der Waals surface area contributed by atoms with Gasteiger partial charge in [0.15, 0.2) is 0 Å². The fourth-order valence-corrected chi connectivity index (χ4v) is 1.26. The summed E-state index contributed by atoms with van der Waals surface area (Å²) in [5.41, 5.74) is 2.38. The Hall–Kier alpha value is -2.77. The maximum Gasteiger partial charge on any atom is 0.329 e. The molecular formula is C12H14N4O4. The number of amides is 2. The molecule has 1 rings (SSSR count). The average molecular weight is 278 g/mol. The molecule has 8 nitrogen and oxygen atoms in total. The van der Waals surface area contributed by atoms with E-state index in [1.165, 1.54) is 24.4 Å². The third-order valence-electron chi connectivity index (χ3n) is 2.09. The number of rotatable bonds is 4. The molecule has 0 radical (unpaired) electrons. The highest BCUT2D eigenvalue weighted by Gasteiger charge is 2.12. The van der Waals surface area contributed by atoms with E-state index in [0.29, 0.717) is 5.56 Å². The lowest BCUT2D eigenvalue weighted by molar-refractivity contribution is -0.384. The third-order valence-corrected chi connectivity index (χ3v) is 2.09. The molecule has 0 aliphatic rings. The van der Waals surface area contributed by atoms with Crippen molar-refractivity contribution in [3.63, 3.8) is 0 Å². The predicted octanol–water partition coefficient (Wildman–Crippen LogP) is 0.569. The summed E-state index contributed by atoms with van der Waals surface area (Å²) in [6, 6.07) is 5.55. The maximum atomic E-state index is 11.3. The van der Waals surface area contributed by atoms with Crippen LogP contribution in [0.3, 0.4) is 0 Å². The van der Waals surface area contributed by atoms with E-state index < -0.39 is 16.7 Å². The van der Waals surface area contributed by atoms with Crippen molar-refractivity contribution in [2.24, 2.45) is 5.10 Å². The lowest BCUT2D eigenvalue weighted by Gasteiger charge is -2.05. The number of carbonyl (C=O) groups excluding carboxylic acids is 2. The minimum Gasteiger partial charge on any atom is -0.346 e. The number of hydrazone groups is 1. The van der Waals surface area contributed by atoms with Crippen molar-refractivity contribution < 1.29 is 14.5 Å². The van der Waals surface area contributed by atoms with Gasteiger partial charge >= 0.3 is 11.8 Å². The molecule has 0 aliphatic heterocycles. The Kier molecular flexibility index (Phi) is 5.33. The Balaban J connectivity index is 2.61. The molecule has 2 amide bonds. The Morgan fingerprint density at radius 2 is 2.05 bits per heavy atom. The van der Waals surface area contributed by atoms with E-state index in [1.807, 2.05) is 5.43 Å².